The summed E-state index contributed by atoms with van der Waals surface area (Å²) >= 11 is 0. The first-order valence-corrected chi connectivity index (χ1v) is 4.80. The third-order valence-electron chi connectivity index (χ3n) is 2.38. The summed E-state index contributed by atoms with van der Waals surface area (Å²) in [6.45, 7) is 1.96. The molecule has 0 aliphatic heterocycles. The molecule has 2 rings (SSSR count). The van der Waals surface area contributed by atoms with E-state index >= 15 is 0 Å². The highest BCUT2D eigenvalue weighted by Gasteiger charge is 2.06. The largest absolute Gasteiger partial charge is 0.311 e. The summed E-state index contributed by atoms with van der Waals surface area (Å²) in [5.74, 6) is 0.403. The minimum absolute atomic E-state index is 0.0673. The van der Waals surface area contributed by atoms with E-state index in [1.807, 2.05) is 14.0 Å². The molecule has 0 bridgehead atoms. The molecule has 0 spiro atoms. The van der Waals surface area contributed by atoms with Gasteiger partial charge in [-0.3, -0.25) is 0 Å². The Labute approximate surface area is 87.4 Å². The van der Waals surface area contributed by atoms with E-state index in [1.54, 1.807) is 12.3 Å². The fraction of sp³-hybridized carbons (Fsp3) is 0.273. The zero-order valence-corrected chi connectivity index (χ0v) is 8.66. The fourth-order valence-electron chi connectivity index (χ4n) is 1.35. The monoisotopic (exact) mass is 205 g/mol. The van der Waals surface area contributed by atoms with E-state index in [4.69, 9.17) is 0 Å². The first kappa shape index (κ1) is 9.98. The fourth-order valence-corrected chi connectivity index (χ4v) is 1.35. The molecule has 0 amide bonds. The molecule has 1 unspecified atom stereocenters. The van der Waals surface area contributed by atoms with Gasteiger partial charge in [-0.05, 0) is 26.1 Å². The van der Waals surface area contributed by atoms with Crippen LogP contribution >= 0.6 is 0 Å². The Hall–Kier alpha value is -1.55. The number of benzene rings is 1. The summed E-state index contributed by atoms with van der Waals surface area (Å²) in [4.78, 5) is 8.50. The molecule has 0 saturated carbocycles. The van der Waals surface area contributed by atoms with Crippen LogP contribution in [0.15, 0.2) is 24.4 Å². The molecule has 1 aromatic heterocycles. The van der Waals surface area contributed by atoms with Gasteiger partial charge in [-0.15, -0.1) is 0 Å². The predicted octanol–water partition coefficient (Wildman–Crippen LogP) is 2.05. The lowest BCUT2D eigenvalue weighted by molar-refractivity contribution is 0.611. The van der Waals surface area contributed by atoms with Crippen LogP contribution in [-0.2, 0) is 0 Å². The zero-order chi connectivity index (χ0) is 10.8. The van der Waals surface area contributed by atoms with E-state index in [-0.39, 0.29) is 11.9 Å². The van der Waals surface area contributed by atoms with Crippen molar-refractivity contribution in [1.82, 2.24) is 15.3 Å². The molecule has 15 heavy (non-hydrogen) atoms. The van der Waals surface area contributed by atoms with Gasteiger partial charge in [0.25, 0.3) is 0 Å². The summed E-state index contributed by atoms with van der Waals surface area (Å²) < 4.78 is 13.0. The van der Waals surface area contributed by atoms with Gasteiger partial charge in [-0.2, -0.15) is 0 Å². The molecular formula is C11H12FN3. The maximum Gasteiger partial charge on any atom is 0.145 e. The van der Waals surface area contributed by atoms with Gasteiger partial charge >= 0.3 is 0 Å². The third kappa shape index (κ3) is 1.94. The quantitative estimate of drug-likeness (QED) is 0.815. The number of aromatic nitrogens is 2. The minimum Gasteiger partial charge on any atom is -0.311 e. The summed E-state index contributed by atoms with van der Waals surface area (Å²) in [6.07, 6.45) is 1.71. The van der Waals surface area contributed by atoms with Gasteiger partial charge in [0.2, 0.25) is 0 Å². The van der Waals surface area contributed by atoms with E-state index < -0.39 is 0 Å². The number of nitrogens with one attached hydrogen (secondary N) is 1. The molecule has 1 atom stereocenters. The smallest absolute Gasteiger partial charge is 0.145 e. The highest BCUT2D eigenvalue weighted by atomic mass is 19.1. The van der Waals surface area contributed by atoms with Crippen molar-refractivity contribution < 1.29 is 4.39 Å². The van der Waals surface area contributed by atoms with Crippen molar-refractivity contribution in [2.75, 3.05) is 7.05 Å². The Bertz CT molecular complexity index is 484. The highest BCUT2D eigenvalue weighted by Crippen LogP contribution is 2.14. The average Bonchev–Trinajstić information content (AvgIpc) is 2.27. The number of hydrogen-bond donors (Lipinski definition) is 1. The van der Waals surface area contributed by atoms with Gasteiger partial charge in [0.1, 0.15) is 11.6 Å². The second-order valence-corrected chi connectivity index (χ2v) is 3.44. The molecule has 1 aromatic carbocycles. The lowest BCUT2D eigenvalue weighted by Gasteiger charge is -2.08. The van der Waals surface area contributed by atoms with Gasteiger partial charge in [0.05, 0.1) is 11.6 Å². The van der Waals surface area contributed by atoms with Crippen molar-refractivity contribution in [3.8, 4) is 0 Å². The first-order chi connectivity index (χ1) is 7.20. The second kappa shape index (κ2) is 3.90. The molecular weight excluding hydrogens is 193 g/mol. The molecule has 0 aliphatic rings. The van der Waals surface area contributed by atoms with Crippen LogP contribution in [0.2, 0.25) is 0 Å². The van der Waals surface area contributed by atoms with Crippen LogP contribution in [-0.4, -0.2) is 17.0 Å². The number of hydrogen-bond acceptors (Lipinski definition) is 3. The molecule has 4 heteroatoms. The third-order valence-corrected chi connectivity index (χ3v) is 2.38. The Morgan fingerprint density at radius 2 is 2.20 bits per heavy atom. The van der Waals surface area contributed by atoms with Crippen molar-refractivity contribution in [2.24, 2.45) is 0 Å². The van der Waals surface area contributed by atoms with E-state index in [0.717, 1.165) is 5.39 Å². The Morgan fingerprint density at radius 1 is 1.40 bits per heavy atom. The molecule has 3 nitrogen and oxygen atoms in total. The van der Waals surface area contributed by atoms with E-state index in [2.05, 4.69) is 15.3 Å². The highest BCUT2D eigenvalue weighted by molar-refractivity contribution is 5.77. The van der Waals surface area contributed by atoms with Crippen molar-refractivity contribution in [3.63, 3.8) is 0 Å². The maximum atomic E-state index is 13.0. The van der Waals surface area contributed by atoms with Gasteiger partial charge in [0, 0.05) is 17.6 Å². The van der Waals surface area contributed by atoms with Gasteiger partial charge in [-0.1, -0.05) is 0 Å². The number of fused-ring (bicyclic) bond motifs is 1. The van der Waals surface area contributed by atoms with Crippen LogP contribution in [0.4, 0.5) is 4.39 Å². The summed E-state index contributed by atoms with van der Waals surface area (Å²) in [5.41, 5.74) is 0.641. The molecule has 0 saturated heterocycles. The van der Waals surface area contributed by atoms with Gasteiger partial charge in [0.15, 0.2) is 0 Å². The SMILES string of the molecule is CNC(C)c1ncc2ccc(F)cc2n1. The Kier molecular flexibility index (Phi) is 2.60. The average molecular weight is 205 g/mol. The minimum atomic E-state index is -0.274. The summed E-state index contributed by atoms with van der Waals surface area (Å²) in [5, 5.41) is 3.89. The molecule has 2 aromatic rings. The second-order valence-electron chi connectivity index (χ2n) is 3.44. The lowest BCUT2D eigenvalue weighted by Crippen LogP contribution is -2.15. The first-order valence-electron chi connectivity index (χ1n) is 4.80. The van der Waals surface area contributed by atoms with Gasteiger partial charge < -0.3 is 5.32 Å². The predicted molar refractivity (Wildman–Crippen MR) is 57.0 cm³/mol. The maximum absolute atomic E-state index is 13.0. The lowest BCUT2D eigenvalue weighted by atomic mass is 10.2. The number of halogens is 1. The van der Waals surface area contributed by atoms with E-state index in [0.29, 0.717) is 11.3 Å². The number of nitrogens with zero attached hydrogens (tertiary/aromatic N) is 2. The Balaban J connectivity index is 2.54. The van der Waals surface area contributed by atoms with Crippen LogP contribution < -0.4 is 5.32 Å². The molecule has 1 heterocycles. The van der Waals surface area contributed by atoms with E-state index in [9.17, 15) is 4.39 Å². The van der Waals surface area contributed by atoms with E-state index in [1.165, 1.54) is 12.1 Å². The summed E-state index contributed by atoms with van der Waals surface area (Å²) in [6, 6.07) is 4.58. The van der Waals surface area contributed by atoms with Crippen LogP contribution in [0.25, 0.3) is 10.9 Å². The van der Waals surface area contributed by atoms with Gasteiger partial charge in [-0.25, -0.2) is 14.4 Å². The van der Waals surface area contributed by atoms with Crippen molar-refractivity contribution in [3.05, 3.63) is 36.0 Å². The topological polar surface area (TPSA) is 37.8 Å². The molecule has 0 fully saturated rings. The zero-order valence-electron chi connectivity index (χ0n) is 8.66. The normalized spacial score (nSPS) is 13.0. The Morgan fingerprint density at radius 3 is 2.93 bits per heavy atom. The molecule has 1 N–H and O–H groups in total. The van der Waals surface area contributed by atoms with Crippen molar-refractivity contribution in [2.45, 2.75) is 13.0 Å². The van der Waals surface area contributed by atoms with Crippen molar-refractivity contribution >= 4 is 10.9 Å². The van der Waals surface area contributed by atoms with Crippen LogP contribution in [0.5, 0.6) is 0 Å². The molecule has 0 aliphatic carbocycles. The number of rotatable bonds is 2. The molecule has 78 valence electrons. The summed E-state index contributed by atoms with van der Waals surface area (Å²) in [7, 11) is 1.84. The standard InChI is InChI=1S/C11H12FN3/c1-7(13-2)11-14-6-8-3-4-9(12)5-10(8)15-11/h3-7,13H,1-2H3. The van der Waals surface area contributed by atoms with Crippen LogP contribution in [0.1, 0.15) is 18.8 Å². The van der Waals surface area contributed by atoms with Crippen LogP contribution in [0, 0.1) is 5.82 Å². The molecule has 0 radical (unpaired) electrons. The van der Waals surface area contributed by atoms with Crippen molar-refractivity contribution in [1.29, 1.82) is 0 Å². The van der Waals surface area contributed by atoms with Crippen LogP contribution in [0.3, 0.4) is 0 Å².